The molecule has 1 heterocycles. The van der Waals surface area contributed by atoms with Crippen LogP contribution in [0.5, 0.6) is 0 Å². The molecule has 6 nitrogen and oxygen atoms in total. The van der Waals surface area contributed by atoms with E-state index in [4.69, 9.17) is 0 Å². The Kier molecular flexibility index (Phi) is 7.50. The van der Waals surface area contributed by atoms with Crippen molar-refractivity contribution in [3.8, 4) is 0 Å². The van der Waals surface area contributed by atoms with E-state index in [9.17, 15) is 13.2 Å². The molecule has 3 rings (SSSR count). The summed E-state index contributed by atoms with van der Waals surface area (Å²) in [4.78, 5) is 15.1. The molecule has 1 amide bonds. The Morgan fingerprint density at radius 1 is 0.967 bits per heavy atom. The normalized spacial score (nSPS) is 15.4. The number of carbonyl (C=O) groups is 1. The number of hydrogen-bond acceptors (Lipinski definition) is 4. The number of rotatable bonds is 7. The van der Waals surface area contributed by atoms with E-state index in [0.29, 0.717) is 17.8 Å². The second kappa shape index (κ2) is 10.1. The highest BCUT2D eigenvalue weighted by atomic mass is 32.2. The molecule has 0 aliphatic carbocycles. The van der Waals surface area contributed by atoms with Gasteiger partial charge in [-0.25, -0.2) is 8.42 Å². The Balaban J connectivity index is 1.58. The molecule has 30 heavy (non-hydrogen) atoms. The maximum Gasteiger partial charge on any atom is 0.264 e. The van der Waals surface area contributed by atoms with Gasteiger partial charge in [0.15, 0.2) is 0 Å². The number of nitrogens with zero attached hydrogens (tertiary/aromatic N) is 2. The summed E-state index contributed by atoms with van der Waals surface area (Å²) in [5.41, 5.74) is 2.04. The molecule has 2 aromatic rings. The lowest BCUT2D eigenvalue weighted by Crippen LogP contribution is -2.35. The standard InChI is InChI=1S/C23H31N3O3S/c1-19-7-13-22(14-8-19)30(28,29)25(2)21-11-9-20(10-12-21)23(27)24-15-18-26-16-5-3-4-6-17-26/h7-14H,3-6,15-18H2,1-2H3,(H,24,27). The Morgan fingerprint density at radius 2 is 1.57 bits per heavy atom. The molecule has 0 bridgehead atoms. The van der Waals surface area contributed by atoms with Crippen LogP contribution in [0.1, 0.15) is 41.6 Å². The zero-order valence-corrected chi connectivity index (χ0v) is 18.6. The summed E-state index contributed by atoms with van der Waals surface area (Å²) in [6.45, 7) is 5.60. The van der Waals surface area contributed by atoms with E-state index in [-0.39, 0.29) is 10.8 Å². The van der Waals surface area contributed by atoms with Crippen molar-refractivity contribution in [2.45, 2.75) is 37.5 Å². The van der Waals surface area contributed by atoms with Crippen LogP contribution in [0.2, 0.25) is 0 Å². The van der Waals surface area contributed by atoms with Crippen molar-refractivity contribution in [1.29, 1.82) is 0 Å². The van der Waals surface area contributed by atoms with E-state index < -0.39 is 10.0 Å². The van der Waals surface area contributed by atoms with Crippen LogP contribution in [0.25, 0.3) is 0 Å². The highest BCUT2D eigenvalue weighted by molar-refractivity contribution is 7.92. The maximum absolute atomic E-state index is 12.8. The van der Waals surface area contributed by atoms with Crippen molar-refractivity contribution in [3.05, 3.63) is 59.7 Å². The zero-order valence-electron chi connectivity index (χ0n) is 17.8. The van der Waals surface area contributed by atoms with Gasteiger partial charge in [-0.3, -0.25) is 9.10 Å². The van der Waals surface area contributed by atoms with Crippen LogP contribution in [-0.2, 0) is 10.0 Å². The number of aryl methyl sites for hydroxylation is 1. The molecular weight excluding hydrogens is 398 g/mol. The lowest BCUT2D eigenvalue weighted by molar-refractivity contribution is 0.0948. The molecule has 7 heteroatoms. The minimum absolute atomic E-state index is 0.139. The number of amides is 1. The molecule has 0 aromatic heterocycles. The number of hydrogen-bond donors (Lipinski definition) is 1. The van der Waals surface area contributed by atoms with Crippen molar-refractivity contribution in [1.82, 2.24) is 10.2 Å². The molecule has 1 aliphatic heterocycles. The fraction of sp³-hybridized carbons (Fsp3) is 0.435. The van der Waals surface area contributed by atoms with Gasteiger partial charge in [0.25, 0.3) is 15.9 Å². The molecule has 1 fully saturated rings. The quantitative estimate of drug-likeness (QED) is 0.732. The minimum atomic E-state index is -3.64. The fourth-order valence-corrected chi connectivity index (χ4v) is 4.81. The summed E-state index contributed by atoms with van der Waals surface area (Å²) >= 11 is 0. The zero-order chi connectivity index (χ0) is 21.6. The van der Waals surface area contributed by atoms with Crippen LogP contribution in [-0.4, -0.2) is 52.5 Å². The monoisotopic (exact) mass is 429 g/mol. The number of anilines is 1. The predicted octanol–water partition coefficient (Wildman–Crippen LogP) is 3.43. The van der Waals surface area contributed by atoms with Crippen molar-refractivity contribution in [2.75, 3.05) is 37.5 Å². The van der Waals surface area contributed by atoms with Crippen molar-refractivity contribution in [3.63, 3.8) is 0 Å². The van der Waals surface area contributed by atoms with Crippen molar-refractivity contribution < 1.29 is 13.2 Å². The Labute approximate surface area is 179 Å². The van der Waals surface area contributed by atoms with Gasteiger partial charge in [-0.15, -0.1) is 0 Å². The summed E-state index contributed by atoms with van der Waals surface area (Å²) in [6.07, 6.45) is 5.05. The Hall–Kier alpha value is -2.38. The minimum Gasteiger partial charge on any atom is -0.351 e. The van der Waals surface area contributed by atoms with E-state index in [2.05, 4.69) is 10.2 Å². The van der Waals surface area contributed by atoms with Gasteiger partial charge >= 0.3 is 0 Å². The SMILES string of the molecule is Cc1ccc(S(=O)(=O)N(C)c2ccc(C(=O)NCCN3CCCCCC3)cc2)cc1. The van der Waals surface area contributed by atoms with Crippen molar-refractivity contribution >= 4 is 21.6 Å². The first kappa shape index (κ1) is 22.3. The fourth-order valence-electron chi connectivity index (χ4n) is 3.62. The lowest BCUT2D eigenvalue weighted by atomic mass is 10.2. The van der Waals surface area contributed by atoms with E-state index in [1.165, 1.54) is 37.0 Å². The third-order valence-electron chi connectivity index (χ3n) is 5.58. The highest BCUT2D eigenvalue weighted by Crippen LogP contribution is 2.22. The molecule has 0 atom stereocenters. The van der Waals surface area contributed by atoms with Gasteiger partial charge in [-0.05, 0) is 69.3 Å². The molecule has 0 spiro atoms. The third kappa shape index (κ3) is 5.61. The van der Waals surface area contributed by atoms with Crippen LogP contribution >= 0.6 is 0 Å². The number of nitrogens with one attached hydrogen (secondary N) is 1. The first-order chi connectivity index (χ1) is 14.4. The number of carbonyl (C=O) groups excluding carboxylic acids is 1. The smallest absolute Gasteiger partial charge is 0.264 e. The van der Waals surface area contributed by atoms with Crippen LogP contribution in [0.4, 0.5) is 5.69 Å². The van der Waals surface area contributed by atoms with Gasteiger partial charge in [0.1, 0.15) is 0 Å². The molecule has 1 aliphatic rings. The number of benzene rings is 2. The summed E-state index contributed by atoms with van der Waals surface area (Å²) in [7, 11) is -2.12. The molecule has 2 aromatic carbocycles. The molecule has 0 radical (unpaired) electrons. The van der Waals surface area contributed by atoms with Crippen molar-refractivity contribution in [2.24, 2.45) is 0 Å². The van der Waals surface area contributed by atoms with Gasteiger partial charge in [0.2, 0.25) is 0 Å². The van der Waals surface area contributed by atoms with Crippen LogP contribution in [0, 0.1) is 6.92 Å². The third-order valence-corrected chi connectivity index (χ3v) is 7.38. The second-order valence-electron chi connectivity index (χ2n) is 7.84. The average molecular weight is 430 g/mol. The average Bonchev–Trinajstić information content (AvgIpc) is 3.02. The Bertz CT molecular complexity index is 933. The van der Waals surface area contributed by atoms with Gasteiger partial charge in [0, 0.05) is 25.7 Å². The molecule has 1 N–H and O–H groups in total. The van der Waals surface area contributed by atoms with E-state index in [1.807, 2.05) is 6.92 Å². The Morgan fingerprint density at radius 3 is 2.17 bits per heavy atom. The molecular formula is C23H31N3O3S. The summed E-state index contributed by atoms with van der Waals surface area (Å²) in [6, 6.07) is 13.4. The molecule has 162 valence electrons. The van der Waals surface area contributed by atoms with Gasteiger partial charge in [-0.2, -0.15) is 0 Å². The van der Waals surface area contributed by atoms with Gasteiger partial charge in [-0.1, -0.05) is 30.5 Å². The summed E-state index contributed by atoms with van der Waals surface area (Å²) in [5.74, 6) is -0.139. The lowest BCUT2D eigenvalue weighted by Gasteiger charge is -2.20. The maximum atomic E-state index is 12.8. The topological polar surface area (TPSA) is 69.7 Å². The van der Waals surface area contributed by atoms with Gasteiger partial charge < -0.3 is 10.2 Å². The van der Waals surface area contributed by atoms with Crippen LogP contribution in [0.3, 0.4) is 0 Å². The first-order valence-electron chi connectivity index (χ1n) is 10.5. The number of likely N-dealkylation sites (tertiary alicyclic amines) is 1. The van der Waals surface area contributed by atoms with E-state index in [0.717, 1.165) is 25.2 Å². The predicted molar refractivity (Wildman–Crippen MR) is 120 cm³/mol. The van der Waals surface area contributed by atoms with Crippen LogP contribution < -0.4 is 9.62 Å². The van der Waals surface area contributed by atoms with Crippen LogP contribution in [0.15, 0.2) is 53.4 Å². The number of sulfonamides is 1. The summed E-state index contributed by atoms with van der Waals surface area (Å²) < 4.78 is 26.9. The second-order valence-corrected chi connectivity index (χ2v) is 9.81. The molecule has 1 saturated heterocycles. The largest absolute Gasteiger partial charge is 0.351 e. The van der Waals surface area contributed by atoms with E-state index >= 15 is 0 Å². The first-order valence-corrected chi connectivity index (χ1v) is 12.0. The molecule has 0 unspecified atom stereocenters. The highest BCUT2D eigenvalue weighted by Gasteiger charge is 2.21. The molecule has 0 saturated carbocycles. The summed E-state index contributed by atoms with van der Waals surface area (Å²) in [5, 5.41) is 2.96. The van der Waals surface area contributed by atoms with E-state index in [1.54, 1.807) is 48.5 Å². The van der Waals surface area contributed by atoms with Gasteiger partial charge in [0.05, 0.1) is 10.6 Å².